The lowest BCUT2D eigenvalue weighted by atomic mass is 10.1. The molecule has 3 rings (SSSR count). The zero-order valence-electron chi connectivity index (χ0n) is 14.8. The Hall–Kier alpha value is -2.87. The summed E-state index contributed by atoms with van der Waals surface area (Å²) in [5, 5.41) is 27.9. The second kappa shape index (κ2) is 8.10. The lowest BCUT2D eigenvalue weighted by Crippen LogP contribution is -2.51. The van der Waals surface area contributed by atoms with E-state index in [0.29, 0.717) is 5.56 Å². The molecular weight excluding hydrogens is 482 g/mol. The van der Waals surface area contributed by atoms with Gasteiger partial charge in [-0.15, -0.1) is 0 Å². The van der Waals surface area contributed by atoms with Crippen LogP contribution in [0.1, 0.15) is 22.3 Å². The smallest absolute Gasteiger partial charge is 0.364 e. The van der Waals surface area contributed by atoms with Gasteiger partial charge >= 0.3 is 5.82 Å². The first-order valence-electron chi connectivity index (χ1n) is 8.20. The highest BCUT2D eigenvalue weighted by Crippen LogP contribution is 2.34. The van der Waals surface area contributed by atoms with Crippen molar-refractivity contribution in [3.63, 3.8) is 0 Å². The quantitative estimate of drug-likeness (QED) is 0.377. The number of nitro groups is 1. The zero-order valence-corrected chi connectivity index (χ0v) is 16.3. The summed E-state index contributed by atoms with van der Waals surface area (Å²) in [6.45, 7) is -0.0156. The summed E-state index contributed by atoms with van der Waals surface area (Å²) < 4.78 is 53.8. The molecule has 1 amide bonds. The van der Waals surface area contributed by atoms with Gasteiger partial charge < -0.3 is 15.2 Å². The van der Waals surface area contributed by atoms with E-state index in [9.17, 15) is 37.6 Å². The summed E-state index contributed by atoms with van der Waals surface area (Å²) in [5.74, 6) is -1.63. The first-order valence-corrected chi connectivity index (χ1v) is 8.99. The first kappa shape index (κ1) is 21.8. The molecule has 1 N–H and O–H groups in total. The molecule has 2 aromatic rings. The van der Waals surface area contributed by atoms with Crippen LogP contribution in [0.3, 0.4) is 0 Å². The predicted octanol–water partition coefficient (Wildman–Crippen LogP) is 3.02. The summed E-state index contributed by atoms with van der Waals surface area (Å²) in [4.78, 5) is 22.8. The number of hydrogen-bond donors (Lipinski definition) is 1. The Bertz CT molecular complexity index is 1030. The Kier molecular flexibility index (Phi) is 5.90. The van der Waals surface area contributed by atoms with Gasteiger partial charge in [0.15, 0.2) is 0 Å². The van der Waals surface area contributed by atoms with E-state index in [-0.39, 0.29) is 21.6 Å². The largest absolute Gasteiger partial charge is 0.404 e. The zero-order chi connectivity index (χ0) is 22.2. The maximum Gasteiger partial charge on any atom is 0.404 e. The average Bonchev–Trinajstić information content (AvgIpc) is 3.22. The molecule has 160 valence electrons. The van der Waals surface area contributed by atoms with Crippen molar-refractivity contribution in [3.8, 4) is 0 Å². The van der Waals surface area contributed by atoms with Crippen molar-refractivity contribution >= 4 is 33.4 Å². The second-order valence-electron chi connectivity index (χ2n) is 6.32. The molecule has 1 aromatic carbocycles. The molecule has 1 aliphatic heterocycles. The summed E-state index contributed by atoms with van der Waals surface area (Å²) in [6, 6.07) is 5.42. The van der Waals surface area contributed by atoms with Crippen molar-refractivity contribution < 1.29 is 32.4 Å². The van der Waals surface area contributed by atoms with Gasteiger partial charge in [-0.2, -0.15) is 14.8 Å². The van der Waals surface area contributed by atoms with Gasteiger partial charge in [-0.25, -0.2) is 17.6 Å². The van der Waals surface area contributed by atoms with E-state index in [4.69, 9.17) is 0 Å². The van der Waals surface area contributed by atoms with E-state index in [0.717, 1.165) is 0 Å². The molecule has 1 atom stereocenters. The SMILES string of the molecule is O=C(c1cccc(Cn2cc(Br)c([N+](=O)[O-])n2)c1)N1N=C(C(F)F)CC1(O)C(F)F. The van der Waals surface area contributed by atoms with E-state index in [1.807, 2.05) is 0 Å². The number of benzene rings is 1. The number of hydrazone groups is 1. The third kappa shape index (κ3) is 4.05. The molecule has 0 saturated carbocycles. The molecule has 0 bridgehead atoms. The fourth-order valence-corrected chi connectivity index (χ4v) is 3.27. The molecule has 0 aliphatic carbocycles. The molecule has 0 spiro atoms. The van der Waals surface area contributed by atoms with Gasteiger partial charge in [0.2, 0.25) is 5.72 Å². The topological polar surface area (TPSA) is 114 Å². The van der Waals surface area contributed by atoms with Crippen LogP contribution >= 0.6 is 15.9 Å². The summed E-state index contributed by atoms with van der Waals surface area (Å²) in [7, 11) is 0. The summed E-state index contributed by atoms with van der Waals surface area (Å²) >= 11 is 3.00. The molecular formula is C16H12BrF4N5O4. The Balaban J connectivity index is 1.88. The average molecular weight is 494 g/mol. The van der Waals surface area contributed by atoms with Crippen molar-refractivity contribution in [2.24, 2.45) is 5.10 Å². The second-order valence-corrected chi connectivity index (χ2v) is 7.18. The van der Waals surface area contributed by atoms with E-state index in [1.54, 1.807) is 0 Å². The number of halogens is 5. The molecule has 0 saturated heterocycles. The highest BCUT2D eigenvalue weighted by molar-refractivity contribution is 9.10. The van der Waals surface area contributed by atoms with Crippen LogP contribution in [0, 0.1) is 10.1 Å². The number of nitrogens with zero attached hydrogens (tertiary/aromatic N) is 5. The van der Waals surface area contributed by atoms with Gasteiger partial charge in [0.1, 0.15) is 10.2 Å². The number of rotatable bonds is 6. The summed E-state index contributed by atoms with van der Waals surface area (Å²) in [6.07, 6.45) is -6.60. The molecule has 14 heteroatoms. The van der Waals surface area contributed by atoms with E-state index < -0.39 is 47.4 Å². The molecule has 0 fully saturated rings. The van der Waals surface area contributed by atoms with Gasteiger partial charge in [0, 0.05) is 12.0 Å². The fraction of sp³-hybridized carbons (Fsp3) is 0.312. The Morgan fingerprint density at radius 3 is 2.63 bits per heavy atom. The molecule has 1 aliphatic rings. The predicted molar refractivity (Wildman–Crippen MR) is 97.3 cm³/mol. The van der Waals surface area contributed by atoms with Crippen molar-refractivity contribution in [2.75, 3.05) is 0 Å². The normalized spacial score (nSPS) is 18.9. The van der Waals surface area contributed by atoms with Gasteiger partial charge in [-0.05, 0) is 38.5 Å². The lowest BCUT2D eigenvalue weighted by molar-refractivity contribution is -0.390. The van der Waals surface area contributed by atoms with Crippen LogP contribution in [-0.2, 0) is 6.54 Å². The fourth-order valence-electron chi connectivity index (χ4n) is 2.81. The maximum atomic E-state index is 13.3. The molecule has 30 heavy (non-hydrogen) atoms. The van der Waals surface area contributed by atoms with Crippen LogP contribution in [0.4, 0.5) is 23.4 Å². The van der Waals surface area contributed by atoms with Crippen LogP contribution in [0.25, 0.3) is 0 Å². The van der Waals surface area contributed by atoms with Crippen LogP contribution in [0.2, 0.25) is 0 Å². The Morgan fingerprint density at radius 1 is 1.37 bits per heavy atom. The first-order chi connectivity index (χ1) is 14.0. The lowest BCUT2D eigenvalue weighted by Gasteiger charge is -2.30. The van der Waals surface area contributed by atoms with Crippen molar-refractivity contribution in [2.45, 2.75) is 31.5 Å². The third-order valence-electron chi connectivity index (χ3n) is 4.22. The molecule has 9 nitrogen and oxygen atoms in total. The Labute approximate surface area is 173 Å². The molecule has 2 heterocycles. The number of alkyl halides is 4. The van der Waals surface area contributed by atoms with Crippen LogP contribution in [-0.4, -0.2) is 55.0 Å². The third-order valence-corrected chi connectivity index (χ3v) is 4.78. The summed E-state index contributed by atoms with van der Waals surface area (Å²) in [5.41, 5.74) is -4.02. The molecule has 1 aromatic heterocycles. The number of amides is 1. The monoisotopic (exact) mass is 493 g/mol. The number of carbonyl (C=O) groups is 1. The highest BCUT2D eigenvalue weighted by Gasteiger charge is 2.53. The van der Waals surface area contributed by atoms with Gasteiger partial charge in [-0.1, -0.05) is 12.1 Å². The minimum absolute atomic E-state index is 0.0156. The molecule has 1 unspecified atom stereocenters. The Morgan fingerprint density at radius 2 is 2.07 bits per heavy atom. The van der Waals surface area contributed by atoms with E-state index in [1.165, 1.54) is 35.1 Å². The van der Waals surface area contributed by atoms with Crippen molar-refractivity contribution in [3.05, 3.63) is 56.2 Å². The van der Waals surface area contributed by atoms with E-state index in [2.05, 4.69) is 26.1 Å². The van der Waals surface area contributed by atoms with Crippen LogP contribution < -0.4 is 0 Å². The number of aliphatic hydroxyl groups is 1. The highest BCUT2D eigenvalue weighted by atomic mass is 79.9. The molecule has 0 radical (unpaired) electrons. The van der Waals surface area contributed by atoms with Gasteiger partial charge in [0.05, 0.1) is 17.8 Å². The van der Waals surface area contributed by atoms with Gasteiger partial charge in [0.25, 0.3) is 18.8 Å². The minimum Gasteiger partial charge on any atom is -0.364 e. The maximum absolute atomic E-state index is 13.3. The number of aromatic nitrogens is 2. The minimum atomic E-state index is -3.54. The number of hydrogen-bond acceptors (Lipinski definition) is 6. The van der Waals surface area contributed by atoms with Crippen molar-refractivity contribution in [1.82, 2.24) is 14.8 Å². The van der Waals surface area contributed by atoms with Crippen LogP contribution in [0.15, 0.2) is 40.0 Å². The van der Waals surface area contributed by atoms with E-state index >= 15 is 0 Å². The van der Waals surface area contributed by atoms with Gasteiger partial charge in [-0.3, -0.25) is 4.79 Å². The standard InChI is InChI=1S/C16H12BrF4N5O4/c17-10-7-24(23-13(10)26(29)30)6-8-2-1-3-9(4-8)14(27)25-16(28,15(20)21)5-11(22-25)12(18)19/h1-4,7,12,15,28H,5-6H2. The van der Waals surface area contributed by atoms with Crippen molar-refractivity contribution in [1.29, 1.82) is 0 Å². The number of carbonyl (C=O) groups excluding carboxylic acids is 1. The van der Waals surface area contributed by atoms with Crippen LogP contribution in [0.5, 0.6) is 0 Å².